The molecule has 2 aromatic carbocycles. The van der Waals surface area contributed by atoms with Gasteiger partial charge in [0.05, 0.1) is 12.1 Å². The average Bonchev–Trinajstić information content (AvgIpc) is 2.82. The summed E-state index contributed by atoms with van der Waals surface area (Å²) in [5, 5.41) is 22.5. The van der Waals surface area contributed by atoms with Crippen molar-refractivity contribution in [2.75, 3.05) is 0 Å². The van der Waals surface area contributed by atoms with Gasteiger partial charge in [-0.2, -0.15) is 0 Å². The third kappa shape index (κ3) is 12.1. The summed E-state index contributed by atoms with van der Waals surface area (Å²) in [6, 6.07) is 8.95. The molecule has 1 aliphatic rings. The van der Waals surface area contributed by atoms with Crippen LogP contribution in [0.2, 0.25) is 0 Å². The molecular formula is C40H62N2O2. The van der Waals surface area contributed by atoms with Crippen molar-refractivity contribution in [2.24, 2.45) is 31.6 Å². The van der Waals surface area contributed by atoms with E-state index in [0.717, 1.165) is 73.6 Å². The average molecular weight is 603 g/mol. The minimum Gasteiger partial charge on any atom is -0.507 e. The Morgan fingerprint density at radius 1 is 0.568 bits per heavy atom. The third-order valence-corrected chi connectivity index (χ3v) is 7.93. The van der Waals surface area contributed by atoms with Crippen LogP contribution in [0.15, 0.2) is 34.3 Å². The van der Waals surface area contributed by atoms with Crippen LogP contribution in [0.1, 0.15) is 142 Å². The molecule has 1 fully saturated rings. The van der Waals surface area contributed by atoms with Gasteiger partial charge in [0.25, 0.3) is 0 Å². The van der Waals surface area contributed by atoms with E-state index in [-0.39, 0.29) is 33.7 Å². The van der Waals surface area contributed by atoms with E-state index in [9.17, 15) is 10.2 Å². The summed E-state index contributed by atoms with van der Waals surface area (Å²) in [4.78, 5) is 10.0. The molecule has 0 aromatic heterocycles. The highest BCUT2D eigenvalue weighted by atomic mass is 16.3. The van der Waals surface area contributed by atoms with Crippen molar-refractivity contribution in [1.82, 2.24) is 0 Å². The van der Waals surface area contributed by atoms with Crippen LogP contribution in [-0.2, 0) is 25.7 Å². The van der Waals surface area contributed by atoms with Gasteiger partial charge in [-0.3, -0.25) is 9.98 Å². The van der Waals surface area contributed by atoms with E-state index >= 15 is 0 Å². The molecule has 2 atom stereocenters. The number of phenols is 2. The summed E-state index contributed by atoms with van der Waals surface area (Å²) in [5.74, 6) is 0.728. The van der Waals surface area contributed by atoms with Crippen molar-refractivity contribution in [2.45, 2.75) is 147 Å². The molecule has 1 saturated carbocycles. The van der Waals surface area contributed by atoms with Gasteiger partial charge in [0.15, 0.2) is 0 Å². The third-order valence-electron chi connectivity index (χ3n) is 7.93. The van der Waals surface area contributed by atoms with Gasteiger partial charge in [-0.1, -0.05) is 95.2 Å². The van der Waals surface area contributed by atoms with Crippen LogP contribution in [0, 0.1) is 21.7 Å². The fourth-order valence-corrected chi connectivity index (χ4v) is 6.39. The van der Waals surface area contributed by atoms with Gasteiger partial charge in [0, 0.05) is 23.6 Å². The van der Waals surface area contributed by atoms with Gasteiger partial charge in [-0.15, -0.1) is 0 Å². The van der Waals surface area contributed by atoms with Gasteiger partial charge in [0.2, 0.25) is 0 Å². The molecule has 0 aliphatic heterocycles. The first-order chi connectivity index (χ1) is 20.1. The second-order valence-electron chi connectivity index (χ2n) is 18.4. The molecule has 4 nitrogen and oxygen atoms in total. The molecule has 2 aromatic rings. The minimum atomic E-state index is 0.0784. The van der Waals surface area contributed by atoms with E-state index in [0.29, 0.717) is 11.5 Å². The summed E-state index contributed by atoms with van der Waals surface area (Å²) in [6.45, 7) is 26.8. The molecule has 244 valence electrons. The Labute approximate surface area is 269 Å². The lowest BCUT2D eigenvalue weighted by atomic mass is 9.83. The van der Waals surface area contributed by atoms with Crippen LogP contribution < -0.4 is 0 Å². The Morgan fingerprint density at radius 2 is 0.909 bits per heavy atom. The fourth-order valence-electron chi connectivity index (χ4n) is 6.39. The van der Waals surface area contributed by atoms with Gasteiger partial charge >= 0.3 is 0 Å². The van der Waals surface area contributed by atoms with Crippen LogP contribution in [-0.4, -0.2) is 34.7 Å². The van der Waals surface area contributed by atoms with Crippen molar-refractivity contribution in [3.8, 4) is 11.5 Å². The Balaban J connectivity index is 1.84. The lowest BCUT2D eigenvalue weighted by molar-refractivity contribution is 0.390. The van der Waals surface area contributed by atoms with Gasteiger partial charge in [-0.25, -0.2) is 0 Å². The highest BCUT2D eigenvalue weighted by Crippen LogP contribution is 2.35. The summed E-state index contributed by atoms with van der Waals surface area (Å²) >= 11 is 0. The molecule has 0 spiro atoms. The molecule has 0 bridgehead atoms. The van der Waals surface area contributed by atoms with Crippen LogP contribution in [0.25, 0.3) is 0 Å². The molecule has 0 heterocycles. The summed E-state index contributed by atoms with van der Waals surface area (Å²) in [5.41, 5.74) is 6.64. The first-order valence-electron chi connectivity index (χ1n) is 16.8. The molecule has 3 rings (SSSR count). The zero-order valence-corrected chi connectivity index (χ0v) is 30.1. The predicted molar refractivity (Wildman–Crippen MR) is 190 cm³/mol. The van der Waals surface area contributed by atoms with Crippen molar-refractivity contribution in [3.05, 3.63) is 57.6 Å². The standard InChI is InChI=1S/C40H62N2O2/c1-37(2,3)21-27-16-29(23-39(7,8)9)35(43)31(18-27)25-41-33-14-13-15-34(20-33)42-26-32-19-28(22-38(4,5)6)17-30(36(32)44)24-40(10,11)12/h16-19,25-26,33-34,43-44H,13-15,20-24H2,1-12H3. The van der Waals surface area contributed by atoms with E-state index < -0.39 is 0 Å². The van der Waals surface area contributed by atoms with Gasteiger partial charge < -0.3 is 10.2 Å². The maximum absolute atomic E-state index is 11.2. The number of hydrogen-bond donors (Lipinski definition) is 2. The lowest BCUT2D eigenvalue weighted by Gasteiger charge is -2.25. The molecule has 0 radical (unpaired) electrons. The zero-order valence-electron chi connectivity index (χ0n) is 30.1. The van der Waals surface area contributed by atoms with Crippen molar-refractivity contribution >= 4 is 12.4 Å². The molecule has 0 amide bonds. The zero-order chi connectivity index (χ0) is 33.1. The fraction of sp³-hybridized carbons (Fsp3) is 0.650. The molecule has 1 aliphatic carbocycles. The first-order valence-corrected chi connectivity index (χ1v) is 16.8. The Kier molecular flexibility index (Phi) is 11.2. The quantitative estimate of drug-likeness (QED) is 0.295. The number of phenolic OH excluding ortho intramolecular Hbond substituents is 2. The molecule has 4 heteroatoms. The van der Waals surface area contributed by atoms with E-state index in [1.807, 2.05) is 12.4 Å². The number of benzene rings is 2. The van der Waals surface area contributed by atoms with Crippen LogP contribution in [0.3, 0.4) is 0 Å². The highest BCUT2D eigenvalue weighted by molar-refractivity contribution is 5.85. The SMILES string of the molecule is CC(C)(C)Cc1cc(C=NC2CCCC(N=Cc3cc(CC(C)(C)C)cc(CC(C)(C)C)c3O)C2)c(O)c(CC(C)(C)C)c1. The van der Waals surface area contributed by atoms with E-state index in [1.54, 1.807) is 0 Å². The molecular weight excluding hydrogens is 540 g/mol. The van der Waals surface area contributed by atoms with Gasteiger partial charge in [0.1, 0.15) is 11.5 Å². The van der Waals surface area contributed by atoms with Crippen molar-refractivity contribution < 1.29 is 10.2 Å². The summed E-state index contributed by atoms with van der Waals surface area (Å²) < 4.78 is 0. The largest absolute Gasteiger partial charge is 0.507 e. The second-order valence-corrected chi connectivity index (χ2v) is 18.4. The minimum absolute atomic E-state index is 0.0784. The van der Waals surface area contributed by atoms with E-state index in [2.05, 4.69) is 107 Å². The van der Waals surface area contributed by atoms with E-state index in [1.165, 1.54) is 11.1 Å². The smallest absolute Gasteiger partial charge is 0.127 e. The van der Waals surface area contributed by atoms with E-state index in [4.69, 9.17) is 9.98 Å². The second kappa shape index (κ2) is 13.8. The Bertz CT molecular complexity index is 1220. The highest BCUT2D eigenvalue weighted by Gasteiger charge is 2.23. The van der Waals surface area contributed by atoms with Crippen LogP contribution in [0.4, 0.5) is 0 Å². The Hall–Kier alpha value is -2.62. The molecule has 2 unspecified atom stereocenters. The maximum atomic E-state index is 11.2. The van der Waals surface area contributed by atoms with Crippen LogP contribution >= 0.6 is 0 Å². The number of hydrogen-bond acceptors (Lipinski definition) is 4. The number of aromatic hydroxyl groups is 2. The monoisotopic (exact) mass is 602 g/mol. The number of nitrogens with zero attached hydrogens (tertiary/aromatic N) is 2. The van der Waals surface area contributed by atoms with Crippen molar-refractivity contribution in [3.63, 3.8) is 0 Å². The summed E-state index contributed by atoms with van der Waals surface area (Å²) in [6.07, 6.45) is 11.4. The molecule has 0 saturated heterocycles. The number of aliphatic imine (C=N–C) groups is 2. The lowest BCUT2D eigenvalue weighted by Crippen LogP contribution is -2.21. The summed E-state index contributed by atoms with van der Waals surface area (Å²) in [7, 11) is 0. The molecule has 44 heavy (non-hydrogen) atoms. The predicted octanol–water partition coefficient (Wildman–Crippen LogP) is 10.3. The number of rotatable bonds is 8. The van der Waals surface area contributed by atoms with Gasteiger partial charge in [-0.05, 0) is 107 Å². The van der Waals surface area contributed by atoms with Crippen molar-refractivity contribution in [1.29, 1.82) is 0 Å². The molecule has 2 N–H and O–H groups in total. The normalized spacial score (nSPS) is 18.9. The Morgan fingerprint density at radius 3 is 1.23 bits per heavy atom. The van der Waals surface area contributed by atoms with Crippen LogP contribution in [0.5, 0.6) is 11.5 Å². The maximum Gasteiger partial charge on any atom is 0.127 e. The first kappa shape index (κ1) is 35.9. The topological polar surface area (TPSA) is 65.2 Å².